The van der Waals surface area contributed by atoms with Crippen molar-refractivity contribution in [1.29, 1.82) is 0 Å². The molecule has 1 aromatic carbocycles. The van der Waals surface area contributed by atoms with Gasteiger partial charge in [-0.1, -0.05) is 23.4 Å². The van der Waals surface area contributed by atoms with Gasteiger partial charge >= 0.3 is 0 Å². The topological polar surface area (TPSA) is 92.6 Å². The molecule has 2 N–H and O–H groups in total. The fourth-order valence-electron chi connectivity index (χ4n) is 3.00. The largest absolute Gasteiger partial charge is 0.364 e. The number of nitrogens with one attached hydrogen (secondary N) is 2. The molecule has 0 amide bonds. The van der Waals surface area contributed by atoms with Gasteiger partial charge in [0.25, 0.3) is 0 Å². The highest BCUT2D eigenvalue weighted by Crippen LogP contribution is 2.22. The quantitative estimate of drug-likeness (QED) is 0.738. The number of hydrogen-bond donors (Lipinski definition) is 2. The van der Waals surface area contributed by atoms with E-state index in [1.165, 1.54) is 12.3 Å². The Balaban J connectivity index is 1.54. The maximum absolute atomic E-state index is 14.1. The summed E-state index contributed by atoms with van der Waals surface area (Å²) < 4.78 is 20.8. The average Bonchev–Trinajstić information content (AvgIpc) is 3.43. The first-order valence-corrected chi connectivity index (χ1v) is 8.33. The van der Waals surface area contributed by atoms with Crippen LogP contribution in [0.15, 0.2) is 69.1 Å². The minimum absolute atomic E-state index is 0.135. The van der Waals surface area contributed by atoms with Gasteiger partial charge in [-0.05, 0) is 12.1 Å². The summed E-state index contributed by atoms with van der Waals surface area (Å²) in [5.74, 6) is 0.312. The first kappa shape index (κ1) is 15.5. The molecule has 0 fully saturated rings. The van der Waals surface area contributed by atoms with Crippen molar-refractivity contribution >= 4 is 12.1 Å². The summed E-state index contributed by atoms with van der Waals surface area (Å²) in [6.07, 6.45) is 4.81. The van der Waals surface area contributed by atoms with Gasteiger partial charge in [-0.3, -0.25) is 10.1 Å². The summed E-state index contributed by atoms with van der Waals surface area (Å²) in [5.41, 5.74) is 6.36. The second kappa shape index (κ2) is 6.20. The number of aliphatic imine (C=N–C) groups is 1. The second-order valence-corrected chi connectivity index (χ2v) is 6.12. The molecular formula is C18H14FN7O. The lowest BCUT2D eigenvalue weighted by Gasteiger charge is -2.18. The van der Waals surface area contributed by atoms with Gasteiger partial charge in [-0.25, -0.2) is 9.38 Å². The fraction of sp³-hybridized carbons (Fsp3) is 0.111. The average molecular weight is 363 g/mol. The Bertz CT molecular complexity index is 1080. The van der Waals surface area contributed by atoms with Crippen molar-refractivity contribution in [3.8, 4) is 11.4 Å². The van der Waals surface area contributed by atoms with E-state index in [1.54, 1.807) is 41.4 Å². The number of hydrogen-bond acceptors (Lipinski definition) is 7. The number of benzene rings is 1. The van der Waals surface area contributed by atoms with E-state index in [9.17, 15) is 4.39 Å². The van der Waals surface area contributed by atoms with Gasteiger partial charge in [0.2, 0.25) is 0 Å². The summed E-state index contributed by atoms with van der Waals surface area (Å²) in [5, 5.41) is 15.9. The lowest BCUT2D eigenvalue weighted by Crippen LogP contribution is -2.44. The van der Waals surface area contributed by atoms with E-state index in [-0.39, 0.29) is 18.5 Å². The van der Waals surface area contributed by atoms with Gasteiger partial charge in [0.05, 0.1) is 18.5 Å². The number of rotatable bonds is 4. The van der Waals surface area contributed by atoms with Crippen LogP contribution in [0.2, 0.25) is 0 Å². The SMILES string of the molecule is Fc1ccccc1Cn1nc(C2=NC=C3C=NNC3N2)cc1-c1ccon1. The zero-order valence-corrected chi connectivity index (χ0v) is 14.0. The number of hydrazone groups is 1. The third-order valence-corrected chi connectivity index (χ3v) is 4.38. The van der Waals surface area contributed by atoms with Crippen LogP contribution in [0.5, 0.6) is 0 Å². The van der Waals surface area contributed by atoms with E-state index in [2.05, 4.69) is 31.1 Å². The van der Waals surface area contributed by atoms with Crippen molar-refractivity contribution < 1.29 is 8.91 Å². The Morgan fingerprint density at radius 3 is 2.96 bits per heavy atom. The number of aromatic nitrogens is 3. The number of halogens is 1. The number of fused-ring (bicyclic) bond motifs is 1. The van der Waals surface area contributed by atoms with Gasteiger partial charge in [-0.15, -0.1) is 0 Å². The van der Waals surface area contributed by atoms with Gasteiger partial charge in [0, 0.05) is 23.4 Å². The molecule has 0 saturated heterocycles. The van der Waals surface area contributed by atoms with Crippen LogP contribution in [-0.2, 0) is 6.54 Å². The normalized spacial score (nSPS) is 17.7. The summed E-state index contributed by atoms with van der Waals surface area (Å²) in [7, 11) is 0. The van der Waals surface area contributed by atoms with E-state index >= 15 is 0 Å². The Labute approximate surface area is 153 Å². The molecule has 0 spiro atoms. The van der Waals surface area contributed by atoms with Crippen LogP contribution >= 0.6 is 0 Å². The Morgan fingerprint density at radius 2 is 2.11 bits per heavy atom. The van der Waals surface area contributed by atoms with Crippen LogP contribution < -0.4 is 10.7 Å². The van der Waals surface area contributed by atoms with Crippen molar-refractivity contribution in [1.82, 2.24) is 25.7 Å². The van der Waals surface area contributed by atoms with Crippen molar-refractivity contribution in [2.24, 2.45) is 10.1 Å². The van der Waals surface area contributed by atoms with Crippen molar-refractivity contribution in [2.75, 3.05) is 0 Å². The molecule has 9 heteroatoms. The predicted octanol–water partition coefficient (Wildman–Crippen LogP) is 1.87. The van der Waals surface area contributed by atoms with Gasteiger partial charge in [-0.2, -0.15) is 10.2 Å². The maximum Gasteiger partial charge on any atom is 0.155 e. The molecule has 0 radical (unpaired) electrons. The molecule has 0 bridgehead atoms. The minimum Gasteiger partial charge on any atom is -0.364 e. The lowest BCUT2D eigenvalue weighted by atomic mass is 10.2. The molecule has 0 saturated carbocycles. The zero-order chi connectivity index (χ0) is 18.2. The van der Waals surface area contributed by atoms with Gasteiger partial charge in [0.15, 0.2) is 5.84 Å². The molecule has 8 nitrogen and oxygen atoms in total. The third-order valence-electron chi connectivity index (χ3n) is 4.38. The van der Waals surface area contributed by atoms with E-state index in [0.29, 0.717) is 28.5 Å². The van der Waals surface area contributed by atoms with Crippen LogP contribution in [0.1, 0.15) is 11.3 Å². The van der Waals surface area contributed by atoms with Crippen molar-refractivity contribution in [2.45, 2.75) is 12.7 Å². The van der Waals surface area contributed by atoms with E-state index in [1.807, 2.05) is 6.07 Å². The molecule has 134 valence electrons. The number of amidine groups is 1. The third kappa shape index (κ3) is 2.78. The molecule has 1 unspecified atom stereocenters. The molecule has 5 rings (SSSR count). The predicted molar refractivity (Wildman–Crippen MR) is 96.4 cm³/mol. The molecule has 2 aliphatic heterocycles. The lowest BCUT2D eigenvalue weighted by molar-refractivity contribution is 0.421. The Morgan fingerprint density at radius 1 is 1.19 bits per heavy atom. The summed E-state index contributed by atoms with van der Waals surface area (Å²) in [6.45, 7) is 0.258. The monoisotopic (exact) mass is 363 g/mol. The Hall–Kier alpha value is -3.75. The highest BCUT2D eigenvalue weighted by molar-refractivity contribution is 6.01. The highest BCUT2D eigenvalue weighted by atomic mass is 19.1. The molecule has 3 aromatic rings. The van der Waals surface area contributed by atoms with Crippen LogP contribution in [-0.4, -0.2) is 33.2 Å². The van der Waals surface area contributed by atoms with Crippen molar-refractivity contribution in [3.63, 3.8) is 0 Å². The molecule has 27 heavy (non-hydrogen) atoms. The van der Waals surface area contributed by atoms with E-state index in [0.717, 1.165) is 5.57 Å². The molecule has 4 heterocycles. The number of nitrogens with zero attached hydrogens (tertiary/aromatic N) is 5. The summed E-state index contributed by atoms with van der Waals surface area (Å²) >= 11 is 0. The molecule has 1 atom stereocenters. The smallest absolute Gasteiger partial charge is 0.155 e. The molecule has 0 aliphatic carbocycles. The van der Waals surface area contributed by atoms with Crippen LogP contribution in [0.4, 0.5) is 4.39 Å². The van der Waals surface area contributed by atoms with Gasteiger partial charge < -0.3 is 9.84 Å². The maximum atomic E-state index is 14.1. The summed E-state index contributed by atoms with van der Waals surface area (Å²) in [4.78, 5) is 4.42. The molecular weight excluding hydrogens is 349 g/mol. The highest BCUT2D eigenvalue weighted by Gasteiger charge is 2.25. The van der Waals surface area contributed by atoms with Crippen LogP contribution in [0.25, 0.3) is 11.4 Å². The van der Waals surface area contributed by atoms with E-state index in [4.69, 9.17) is 4.52 Å². The first-order chi connectivity index (χ1) is 13.3. The standard InChI is InChI=1S/C18H14FN7O/c19-13-4-2-1-3-11(13)10-26-16(14-5-6-27-25-14)7-15(24-26)18-20-8-12-9-21-23-17(12)22-18/h1-9,17,23H,10H2,(H,20,22). The van der Waals surface area contributed by atoms with Crippen molar-refractivity contribution in [3.05, 3.63) is 71.5 Å². The zero-order valence-electron chi connectivity index (χ0n) is 14.0. The Kier molecular flexibility index (Phi) is 3.56. The van der Waals surface area contributed by atoms with Gasteiger partial charge in [0.1, 0.15) is 29.6 Å². The summed E-state index contributed by atoms with van der Waals surface area (Å²) in [6, 6.07) is 10.2. The van der Waals surface area contributed by atoms with E-state index < -0.39 is 0 Å². The molecule has 2 aromatic heterocycles. The first-order valence-electron chi connectivity index (χ1n) is 8.33. The fourth-order valence-corrected chi connectivity index (χ4v) is 3.00. The van der Waals surface area contributed by atoms with Crippen LogP contribution in [0.3, 0.4) is 0 Å². The minimum atomic E-state index is -0.284. The van der Waals surface area contributed by atoms with Crippen LogP contribution in [0, 0.1) is 5.82 Å². The second-order valence-electron chi connectivity index (χ2n) is 6.12. The molecule has 2 aliphatic rings.